The summed E-state index contributed by atoms with van der Waals surface area (Å²) in [5.74, 6) is 3.40. The Morgan fingerprint density at radius 3 is 2.68 bits per heavy atom. The largest absolute Gasteiger partial charge is 0.339 e. The smallest absolute Gasteiger partial charge is 0.229 e. The number of rotatable bonds is 6. The molecule has 1 heterocycles. The molecule has 1 aromatic rings. The zero-order valence-corrected chi connectivity index (χ0v) is 12.3. The Morgan fingerprint density at radius 1 is 1.32 bits per heavy atom. The van der Waals surface area contributed by atoms with E-state index in [9.17, 15) is 0 Å². The van der Waals surface area contributed by atoms with Gasteiger partial charge in [-0.2, -0.15) is 4.98 Å². The Balaban J connectivity index is 1.89. The highest BCUT2D eigenvalue weighted by atomic mass is 16.5. The summed E-state index contributed by atoms with van der Waals surface area (Å²) in [5, 5.41) is 4.19. The summed E-state index contributed by atoms with van der Waals surface area (Å²) in [6.45, 7) is 5.04. The molecule has 0 aromatic carbocycles. The van der Waals surface area contributed by atoms with Gasteiger partial charge in [-0.15, -0.1) is 0 Å². The summed E-state index contributed by atoms with van der Waals surface area (Å²) in [5.41, 5.74) is 5.57. The fourth-order valence-electron chi connectivity index (χ4n) is 3.10. The summed E-state index contributed by atoms with van der Waals surface area (Å²) in [4.78, 5) is 4.59. The lowest BCUT2D eigenvalue weighted by atomic mass is 9.80. The predicted octanol–water partition coefficient (Wildman–Crippen LogP) is 3.60. The van der Waals surface area contributed by atoms with Crippen molar-refractivity contribution >= 4 is 0 Å². The maximum Gasteiger partial charge on any atom is 0.229 e. The van der Waals surface area contributed by atoms with Gasteiger partial charge in [0.15, 0.2) is 5.82 Å². The Morgan fingerprint density at radius 2 is 2.05 bits per heavy atom. The summed E-state index contributed by atoms with van der Waals surface area (Å²) in [7, 11) is 0. The van der Waals surface area contributed by atoms with Gasteiger partial charge < -0.3 is 10.3 Å². The molecule has 1 saturated carbocycles. The van der Waals surface area contributed by atoms with Gasteiger partial charge in [-0.05, 0) is 44.6 Å². The molecule has 1 unspecified atom stereocenters. The highest BCUT2D eigenvalue weighted by Gasteiger charge is 2.26. The molecule has 0 saturated heterocycles. The minimum atomic E-state index is 0.280. The first-order chi connectivity index (χ1) is 9.24. The van der Waals surface area contributed by atoms with Gasteiger partial charge in [0.25, 0.3) is 0 Å². The van der Waals surface area contributed by atoms with Crippen molar-refractivity contribution in [2.24, 2.45) is 11.7 Å². The minimum absolute atomic E-state index is 0.280. The van der Waals surface area contributed by atoms with E-state index in [1.807, 2.05) is 0 Å². The minimum Gasteiger partial charge on any atom is -0.339 e. The second-order valence-electron chi connectivity index (χ2n) is 5.98. The number of hydrogen-bond donors (Lipinski definition) is 1. The van der Waals surface area contributed by atoms with Gasteiger partial charge in [0.2, 0.25) is 5.89 Å². The summed E-state index contributed by atoms with van der Waals surface area (Å²) in [6.07, 6.45) is 8.66. The topological polar surface area (TPSA) is 64.9 Å². The molecule has 0 radical (unpaired) electrons. The monoisotopic (exact) mass is 265 g/mol. The maximum atomic E-state index is 5.57. The Bertz CT molecular complexity index is 369. The molecule has 1 aliphatic rings. The lowest BCUT2D eigenvalue weighted by Gasteiger charge is -2.26. The zero-order valence-electron chi connectivity index (χ0n) is 12.3. The van der Waals surface area contributed by atoms with Crippen molar-refractivity contribution in [3.05, 3.63) is 11.7 Å². The van der Waals surface area contributed by atoms with E-state index in [1.54, 1.807) is 0 Å². The van der Waals surface area contributed by atoms with Crippen LogP contribution in [0.5, 0.6) is 0 Å². The lowest BCUT2D eigenvalue weighted by Crippen LogP contribution is -2.14. The molecule has 0 aliphatic heterocycles. The first-order valence-electron chi connectivity index (χ1n) is 7.78. The molecular formula is C15H27N3O. The zero-order chi connectivity index (χ0) is 13.7. The van der Waals surface area contributed by atoms with E-state index < -0.39 is 0 Å². The summed E-state index contributed by atoms with van der Waals surface area (Å²) < 4.78 is 5.39. The van der Waals surface area contributed by atoms with Crippen molar-refractivity contribution < 1.29 is 4.52 Å². The molecule has 0 spiro atoms. The van der Waals surface area contributed by atoms with E-state index in [2.05, 4.69) is 24.0 Å². The van der Waals surface area contributed by atoms with E-state index in [-0.39, 0.29) is 5.92 Å². The van der Waals surface area contributed by atoms with E-state index in [1.165, 1.54) is 38.5 Å². The normalized spacial score (nSPS) is 25.4. The molecule has 2 N–H and O–H groups in total. The van der Waals surface area contributed by atoms with Gasteiger partial charge in [-0.3, -0.25) is 0 Å². The fraction of sp³-hybridized carbons (Fsp3) is 0.867. The molecule has 19 heavy (non-hydrogen) atoms. The van der Waals surface area contributed by atoms with E-state index in [0.29, 0.717) is 12.5 Å². The van der Waals surface area contributed by atoms with Crippen LogP contribution in [0.1, 0.15) is 82.3 Å². The summed E-state index contributed by atoms with van der Waals surface area (Å²) in [6, 6.07) is 0. The summed E-state index contributed by atoms with van der Waals surface area (Å²) >= 11 is 0. The third-order valence-electron chi connectivity index (χ3n) is 4.39. The molecule has 4 nitrogen and oxygen atoms in total. The number of hydrogen-bond acceptors (Lipinski definition) is 4. The van der Waals surface area contributed by atoms with Crippen LogP contribution in [0, 0.1) is 5.92 Å². The SMILES string of the molecule is CCCC1CCC(c2noc(C(C)CCN)n2)CC1. The third-order valence-corrected chi connectivity index (χ3v) is 4.39. The second-order valence-corrected chi connectivity index (χ2v) is 5.98. The number of aromatic nitrogens is 2. The highest BCUT2D eigenvalue weighted by molar-refractivity contribution is 5.00. The van der Waals surface area contributed by atoms with Crippen LogP contribution >= 0.6 is 0 Å². The van der Waals surface area contributed by atoms with Crippen LogP contribution in [0.3, 0.4) is 0 Å². The van der Waals surface area contributed by atoms with E-state index in [0.717, 1.165) is 24.1 Å². The standard InChI is InChI=1S/C15H27N3O/c1-3-4-12-5-7-13(8-6-12)14-17-15(19-18-14)11(2)9-10-16/h11-13H,3-10,16H2,1-2H3. The van der Waals surface area contributed by atoms with E-state index in [4.69, 9.17) is 10.3 Å². The molecule has 0 amide bonds. The predicted molar refractivity (Wildman–Crippen MR) is 76.0 cm³/mol. The average molecular weight is 265 g/mol. The molecule has 0 bridgehead atoms. The van der Waals surface area contributed by atoms with Gasteiger partial charge in [0, 0.05) is 11.8 Å². The van der Waals surface area contributed by atoms with Crippen molar-refractivity contribution in [2.75, 3.05) is 6.54 Å². The van der Waals surface area contributed by atoms with Crippen molar-refractivity contribution in [2.45, 2.75) is 70.6 Å². The maximum absolute atomic E-state index is 5.57. The molecule has 1 fully saturated rings. The first kappa shape index (κ1) is 14.5. The van der Waals surface area contributed by atoms with Crippen LogP contribution in [0.15, 0.2) is 4.52 Å². The van der Waals surface area contributed by atoms with Gasteiger partial charge in [-0.25, -0.2) is 0 Å². The van der Waals surface area contributed by atoms with Gasteiger partial charge in [0.1, 0.15) is 0 Å². The lowest BCUT2D eigenvalue weighted by molar-refractivity contribution is 0.293. The van der Waals surface area contributed by atoms with Crippen molar-refractivity contribution in [1.29, 1.82) is 0 Å². The fourth-order valence-corrected chi connectivity index (χ4v) is 3.10. The Labute approximate surface area is 116 Å². The van der Waals surface area contributed by atoms with Crippen LogP contribution in [0.25, 0.3) is 0 Å². The van der Waals surface area contributed by atoms with Crippen LogP contribution in [0.2, 0.25) is 0 Å². The average Bonchev–Trinajstić information content (AvgIpc) is 2.90. The highest BCUT2D eigenvalue weighted by Crippen LogP contribution is 2.36. The van der Waals surface area contributed by atoms with Crippen molar-refractivity contribution in [3.63, 3.8) is 0 Å². The van der Waals surface area contributed by atoms with Crippen LogP contribution in [0.4, 0.5) is 0 Å². The Hall–Kier alpha value is -0.900. The third kappa shape index (κ3) is 3.78. The molecule has 4 heteroatoms. The molecule has 1 aliphatic carbocycles. The molecule has 1 aromatic heterocycles. The first-order valence-corrected chi connectivity index (χ1v) is 7.78. The van der Waals surface area contributed by atoms with Crippen LogP contribution in [-0.4, -0.2) is 16.7 Å². The van der Waals surface area contributed by atoms with Gasteiger partial charge in [-0.1, -0.05) is 31.8 Å². The molecular weight excluding hydrogens is 238 g/mol. The Kier molecular flexibility index (Phi) is 5.37. The van der Waals surface area contributed by atoms with Crippen LogP contribution in [-0.2, 0) is 0 Å². The molecule has 2 rings (SSSR count). The van der Waals surface area contributed by atoms with Gasteiger partial charge in [0.05, 0.1) is 0 Å². The molecule has 1 atom stereocenters. The van der Waals surface area contributed by atoms with Crippen molar-refractivity contribution in [1.82, 2.24) is 10.1 Å². The molecule has 108 valence electrons. The van der Waals surface area contributed by atoms with Crippen LogP contribution < -0.4 is 5.73 Å². The number of nitrogens with zero attached hydrogens (tertiary/aromatic N) is 2. The second kappa shape index (κ2) is 7.04. The van der Waals surface area contributed by atoms with Gasteiger partial charge >= 0.3 is 0 Å². The quantitative estimate of drug-likeness (QED) is 0.853. The van der Waals surface area contributed by atoms with E-state index >= 15 is 0 Å². The number of nitrogens with two attached hydrogens (primary N) is 1. The van der Waals surface area contributed by atoms with Crippen molar-refractivity contribution in [3.8, 4) is 0 Å².